The van der Waals surface area contributed by atoms with Crippen molar-refractivity contribution < 1.29 is 19.4 Å². The van der Waals surface area contributed by atoms with Crippen molar-refractivity contribution in [1.82, 2.24) is 5.32 Å². The summed E-state index contributed by atoms with van der Waals surface area (Å²) in [6.07, 6.45) is 1.04. The predicted octanol–water partition coefficient (Wildman–Crippen LogP) is 0.842. The Hall–Kier alpha value is -1.26. The number of carbonyl (C=O) groups is 2. The smallest absolute Gasteiger partial charge is 0.407 e. The highest BCUT2D eigenvalue weighted by molar-refractivity contribution is 5.73. The van der Waals surface area contributed by atoms with Crippen molar-refractivity contribution in [3.05, 3.63) is 0 Å². The summed E-state index contributed by atoms with van der Waals surface area (Å²) in [6.45, 7) is 2.09. The molecular formula is C10H15NO4. The molecule has 2 fully saturated rings. The number of ether oxygens (including phenoxy) is 1. The Morgan fingerprint density at radius 3 is 2.67 bits per heavy atom. The van der Waals surface area contributed by atoms with E-state index in [1.54, 1.807) is 6.92 Å². The van der Waals surface area contributed by atoms with Crippen LogP contribution in [0.4, 0.5) is 4.79 Å². The van der Waals surface area contributed by atoms with Crippen molar-refractivity contribution in [3.63, 3.8) is 0 Å². The van der Waals surface area contributed by atoms with Gasteiger partial charge in [-0.25, -0.2) is 4.79 Å². The maximum Gasteiger partial charge on any atom is 0.407 e. The van der Waals surface area contributed by atoms with E-state index in [4.69, 9.17) is 9.84 Å². The van der Waals surface area contributed by atoms with Crippen molar-refractivity contribution in [1.29, 1.82) is 0 Å². The monoisotopic (exact) mass is 213 g/mol. The highest BCUT2D eigenvalue weighted by Crippen LogP contribution is 2.55. The molecule has 2 aliphatic rings. The largest absolute Gasteiger partial charge is 0.481 e. The van der Waals surface area contributed by atoms with Crippen LogP contribution >= 0.6 is 0 Å². The molecule has 5 nitrogen and oxygen atoms in total. The zero-order chi connectivity index (χ0) is 11.0. The third-order valence-electron chi connectivity index (χ3n) is 3.33. The van der Waals surface area contributed by atoms with E-state index in [0.29, 0.717) is 18.9 Å². The molecule has 0 aromatic rings. The number of amides is 1. The van der Waals surface area contributed by atoms with Crippen molar-refractivity contribution >= 4 is 12.1 Å². The van der Waals surface area contributed by atoms with Crippen LogP contribution in [0.3, 0.4) is 0 Å². The number of hydrogen-bond acceptors (Lipinski definition) is 3. The first-order valence-electron chi connectivity index (χ1n) is 5.29. The molecular weight excluding hydrogens is 198 g/mol. The van der Waals surface area contributed by atoms with Gasteiger partial charge in [-0.3, -0.25) is 4.79 Å². The molecule has 4 atom stereocenters. The molecule has 2 saturated carbocycles. The average molecular weight is 213 g/mol. The van der Waals surface area contributed by atoms with Crippen LogP contribution in [-0.4, -0.2) is 29.8 Å². The fourth-order valence-corrected chi connectivity index (χ4v) is 2.56. The van der Waals surface area contributed by atoms with Crippen LogP contribution < -0.4 is 5.32 Å². The number of nitrogens with one attached hydrogen (secondary N) is 1. The number of alkyl carbamates (subject to hydrolysis) is 1. The summed E-state index contributed by atoms with van der Waals surface area (Å²) in [5.74, 6) is -0.387. The van der Waals surface area contributed by atoms with Crippen LogP contribution in [0.1, 0.15) is 19.8 Å². The van der Waals surface area contributed by atoms with Gasteiger partial charge in [0.2, 0.25) is 0 Å². The van der Waals surface area contributed by atoms with Gasteiger partial charge in [0.1, 0.15) is 0 Å². The normalized spacial score (nSPS) is 36.9. The van der Waals surface area contributed by atoms with Crippen LogP contribution in [0.5, 0.6) is 0 Å². The quantitative estimate of drug-likeness (QED) is 0.728. The van der Waals surface area contributed by atoms with E-state index in [9.17, 15) is 9.59 Å². The lowest BCUT2D eigenvalue weighted by atomic mass is 10.0. The number of hydrogen-bond donors (Lipinski definition) is 2. The van der Waals surface area contributed by atoms with E-state index in [1.807, 2.05) is 0 Å². The van der Waals surface area contributed by atoms with Crippen LogP contribution in [0.25, 0.3) is 0 Å². The maximum atomic E-state index is 11.2. The molecule has 0 unspecified atom stereocenters. The Kier molecular flexibility index (Phi) is 2.54. The van der Waals surface area contributed by atoms with Gasteiger partial charge < -0.3 is 15.2 Å². The number of rotatable bonds is 3. The summed E-state index contributed by atoms with van der Waals surface area (Å²) in [5.41, 5.74) is 0. The van der Waals surface area contributed by atoms with Crippen LogP contribution in [0.15, 0.2) is 0 Å². The van der Waals surface area contributed by atoms with Crippen molar-refractivity contribution in [2.45, 2.75) is 25.8 Å². The summed E-state index contributed by atoms with van der Waals surface area (Å²) >= 11 is 0. The lowest BCUT2D eigenvalue weighted by Crippen LogP contribution is -2.36. The van der Waals surface area contributed by atoms with Crippen LogP contribution in [0, 0.1) is 17.8 Å². The van der Waals surface area contributed by atoms with Crippen LogP contribution in [0.2, 0.25) is 0 Å². The van der Waals surface area contributed by atoms with E-state index >= 15 is 0 Å². The SMILES string of the molecule is CCOC(=O)N[C@@H]1C[C@H](C(=O)O)[C@@H]2C[C@@H]21. The molecule has 5 heteroatoms. The van der Waals surface area contributed by atoms with E-state index in [-0.39, 0.29) is 17.9 Å². The minimum Gasteiger partial charge on any atom is -0.481 e. The van der Waals surface area contributed by atoms with Gasteiger partial charge in [-0.2, -0.15) is 0 Å². The van der Waals surface area contributed by atoms with Crippen molar-refractivity contribution in [2.75, 3.05) is 6.61 Å². The average Bonchev–Trinajstić information content (AvgIpc) is 2.85. The van der Waals surface area contributed by atoms with Gasteiger partial charge in [-0.05, 0) is 31.6 Å². The lowest BCUT2D eigenvalue weighted by Gasteiger charge is -2.15. The molecule has 0 aliphatic heterocycles. The Balaban J connectivity index is 1.86. The van der Waals surface area contributed by atoms with Gasteiger partial charge in [-0.15, -0.1) is 0 Å². The van der Waals surface area contributed by atoms with E-state index in [0.717, 1.165) is 6.42 Å². The maximum absolute atomic E-state index is 11.2. The Labute approximate surface area is 87.8 Å². The molecule has 0 saturated heterocycles. The molecule has 0 aromatic carbocycles. The number of aliphatic carboxylic acids is 1. The second-order valence-corrected chi connectivity index (χ2v) is 4.22. The zero-order valence-electron chi connectivity index (χ0n) is 8.60. The van der Waals surface area contributed by atoms with Gasteiger partial charge in [-0.1, -0.05) is 0 Å². The topological polar surface area (TPSA) is 75.6 Å². The number of carbonyl (C=O) groups excluding carboxylic acids is 1. The van der Waals surface area contributed by atoms with Crippen molar-refractivity contribution in [3.8, 4) is 0 Å². The molecule has 0 aromatic heterocycles. The van der Waals surface area contributed by atoms with Gasteiger partial charge in [0.15, 0.2) is 0 Å². The third-order valence-corrected chi connectivity index (χ3v) is 3.33. The minimum atomic E-state index is -0.740. The summed E-state index contributed by atoms with van der Waals surface area (Å²) in [7, 11) is 0. The van der Waals surface area contributed by atoms with Gasteiger partial charge in [0, 0.05) is 6.04 Å². The first-order chi connectivity index (χ1) is 7.13. The fourth-order valence-electron chi connectivity index (χ4n) is 2.56. The Bertz CT molecular complexity index is 291. The molecule has 84 valence electrons. The van der Waals surface area contributed by atoms with Gasteiger partial charge in [0.25, 0.3) is 0 Å². The molecule has 15 heavy (non-hydrogen) atoms. The predicted molar refractivity (Wildman–Crippen MR) is 51.3 cm³/mol. The molecule has 0 heterocycles. The second kappa shape index (κ2) is 3.72. The first kappa shape index (κ1) is 10.3. The molecule has 1 amide bonds. The fraction of sp³-hybridized carbons (Fsp3) is 0.800. The Morgan fingerprint density at radius 2 is 2.13 bits per heavy atom. The zero-order valence-corrected chi connectivity index (χ0v) is 8.60. The van der Waals surface area contributed by atoms with Gasteiger partial charge >= 0.3 is 12.1 Å². The van der Waals surface area contributed by atoms with Crippen molar-refractivity contribution in [2.24, 2.45) is 17.8 Å². The molecule has 0 spiro atoms. The van der Waals surface area contributed by atoms with E-state index in [2.05, 4.69) is 5.32 Å². The lowest BCUT2D eigenvalue weighted by molar-refractivity contribution is -0.142. The van der Waals surface area contributed by atoms with E-state index in [1.165, 1.54) is 0 Å². The highest BCUT2D eigenvalue weighted by Gasteiger charge is 2.57. The molecule has 0 bridgehead atoms. The third kappa shape index (κ3) is 1.91. The van der Waals surface area contributed by atoms with Crippen LogP contribution in [-0.2, 0) is 9.53 Å². The highest BCUT2D eigenvalue weighted by atomic mass is 16.5. The minimum absolute atomic E-state index is 0.00449. The molecule has 2 aliphatic carbocycles. The molecule has 2 rings (SSSR count). The second-order valence-electron chi connectivity index (χ2n) is 4.22. The number of fused-ring (bicyclic) bond motifs is 1. The summed E-state index contributed by atoms with van der Waals surface area (Å²) < 4.78 is 4.77. The standard InChI is InChI=1S/C10H15NO4/c1-2-15-10(14)11-8-4-7(9(12)13)5-3-6(5)8/h5-8H,2-4H2,1H3,(H,11,14)(H,12,13)/t5-,6+,7+,8-/m1/s1. The summed E-state index contributed by atoms with van der Waals surface area (Å²) in [6, 6.07) is -0.00449. The van der Waals surface area contributed by atoms with E-state index < -0.39 is 12.1 Å². The number of carboxylic acid groups (broad SMARTS) is 1. The Morgan fingerprint density at radius 1 is 1.40 bits per heavy atom. The van der Waals surface area contributed by atoms with Gasteiger partial charge in [0.05, 0.1) is 12.5 Å². The first-order valence-corrected chi connectivity index (χ1v) is 5.29. The summed E-state index contributed by atoms with van der Waals surface area (Å²) in [5, 5.41) is 11.7. The molecule has 2 N–H and O–H groups in total. The molecule has 0 radical (unpaired) electrons. The number of carboxylic acids is 1. The summed E-state index contributed by atoms with van der Waals surface area (Å²) in [4.78, 5) is 22.0.